The Bertz CT molecular complexity index is 1490. The van der Waals surface area contributed by atoms with Crippen molar-refractivity contribution in [2.24, 2.45) is 4.99 Å². The van der Waals surface area contributed by atoms with Crippen LogP contribution in [0, 0.1) is 0 Å². The molecule has 9 heteroatoms. The van der Waals surface area contributed by atoms with E-state index in [1.165, 1.54) is 11.3 Å². The zero-order chi connectivity index (χ0) is 25.3. The zero-order valence-corrected chi connectivity index (χ0v) is 21.6. The number of benzene rings is 2. The van der Waals surface area contributed by atoms with Gasteiger partial charge >= 0.3 is 5.97 Å². The molecule has 0 bridgehead atoms. The van der Waals surface area contributed by atoms with Crippen molar-refractivity contribution in [3.05, 3.63) is 89.6 Å². The summed E-state index contributed by atoms with van der Waals surface area (Å²) in [6.07, 6.45) is 1.44. The first-order valence-corrected chi connectivity index (χ1v) is 12.1. The maximum absolute atomic E-state index is 13.7. The summed E-state index contributed by atoms with van der Waals surface area (Å²) >= 11 is 7.36. The molecule has 1 unspecified atom stereocenters. The van der Waals surface area contributed by atoms with Gasteiger partial charge in [-0.1, -0.05) is 35.1 Å². The number of methoxy groups -OCH3 is 2. The number of fused-ring (bicyclic) bond motifs is 1. The summed E-state index contributed by atoms with van der Waals surface area (Å²) in [6, 6.07) is 11.7. The van der Waals surface area contributed by atoms with E-state index in [1.54, 1.807) is 82.0 Å². The van der Waals surface area contributed by atoms with Gasteiger partial charge in [0.1, 0.15) is 11.5 Å². The van der Waals surface area contributed by atoms with Crippen molar-refractivity contribution in [2.75, 3.05) is 14.2 Å². The number of allylic oxidation sites excluding steroid dienone is 1. The summed E-state index contributed by atoms with van der Waals surface area (Å²) in [5.74, 6) is 0.709. The molecular formula is C26H25ClN2O5S. The lowest BCUT2D eigenvalue weighted by atomic mass is 9.96. The minimum Gasteiger partial charge on any atom is -0.497 e. The van der Waals surface area contributed by atoms with Crippen LogP contribution >= 0.6 is 22.9 Å². The van der Waals surface area contributed by atoms with Crippen LogP contribution in [0.25, 0.3) is 6.08 Å². The van der Waals surface area contributed by atoms with E-state index >= 15 is 0 Å². The molecule has 35 heavy (non-hydrogen) atoms. The molecule has 4 rings (SSSR count). The van der Waals surface area contributed by atoms with Gasteiger partial charge in [0.25, 0.3) is 5.56 Å². The number of carbonyl (C=O) groups is 1. The molecule has 2 heterocycles. The Morgan fingerprint density at radius 2 is 1.86 bits per heavy atom. The van der Waals surface area contributed by atoms with Crippen molar-refractivity contribution in [1.29, 1.82) is 0 Å². The minimum absolute atomic E-state index is 0.270. The highest BCUT2D eigenvalue weighted by Gasteiger charge is 2.33. The third-order valence-corrected chi connectivity index (χ3v) is 6.73. The van der Waals surface area contributed by atoms with Gasteiger partial charge in [0.05, 0.1) is 42.2 Å². The van der Waals surface area contributed by atoms with Gasteiger partial charge in [-0.25, -0.2) is 9.79 Å². The number of halogens is 1. The molecule has 3 aromatic rings. The number of aromatic nitrogens is 1. The van der Waals surface area contributed by atoms with Crippen LogP contribution in [0.5, 0.6) is 11.5 Å². The van der Waals surface area contributed by atoms with Crippen LogP contribution in [0.15, 0.2) is 63.5 Å². The molecule has 182 valence electrons. The first kappa shape index (κ1) is 24.8. The van der Waals surface area contributed by atoms with Gasteiger partial charge in [-0.05, 0) is 56.7 Å². The summed E-state index contributed by atoms with van der Waals surface area (Å²) in [6.45, 7) is 5.31. The molecule has 2 aromatic carbocycles. The lowest BCUT2D eigenvalue weighted by Crippen LogP contribution is -2.40. The average Bonchev–Trinajstić information content (AvgIpc) is 3.12. The second-order valence-corrected chi connectivity index (χ2v) is 9.64. The molecule has 1 aliphatic heterocycles. The second kappa shape index (κ2) is 10.1. The Hall–Kier alpha value is -3.36. The maximum Gasteiger partial charge on any atom is 0.338 e. The number of hydrogen-bond acceptors (Lipinski definition) is 7. The zero-order valence-electron chi connectivity index (χ0n) is 20.0. The normalized spacial score (nSPS) is 15.6. The van der Waals surface area contributed by atoms with Crippen LogP contribution in [-0.4, -0.2) is 30.9 Å². The van der Waals surface area contributed by atoms with Gasteiger partial charge < -0.3 is 14.2 Å². The van der Waals surface area contributed by atoms with Crippen LogP contribution in [0.3, 0.4) is 0 Å². The van der Waals surface area contributed by atoms with Gasteiger partial charge in [-0.2, -0.15) is 0 Å². The Labute approximate surface area is 211 Å². The highest BCUT2D eigenvalue weighted by molar-refractivity contribution is 7.07. The highest BCUT2D eigenvalue weighted by atomic mass is 35.5. The van der Waals surface area contributed by atoms with Crippen molar-refractivity contribution in [2.45, 2.75) is 32.9 Å². The fraction of sp³-hybridized carbons (Fsp3) is 0.269. The van der Waals surface area contributed by atoms with E-state index in [4.69, 9.17) is 25.8 Å². The third-order valence-electron chi connectivity index (χ3n) is 5.50. The molecule has 0 saturated heterocycles. The molecule has 0 spiro atoms. The smallest absolute Gasteiger partial charge is 0.338 e. The number of nitrogens with zero attached hydrogens (tertiary/aromatic N) is 2. The van der Waals surface area contributed by atoms with Crippen LogP contribution in [0.1, 0.15) is 37.9 Å². The number of esters is 1. The van der Waals surface area contributed by atoms with Crippen molar-refractivity contribution >= 4 is 35.0 Å². The van der Waals surface area contributed by atoms with Crippen LogP contribution in [0.2, 0.25) is 5.02 Å². The van der Waals surface area contributed by atoms with Crippen molar-refractivity contribution in [3.63, 3.8) is 0 Å². The summed E-state index contributed by atoms with van der Waals surface area (Å²) in [7, 11) is 3.14. The quantitative estimate of drug-likeness (QED) is 0.469. The molecule has 0 N–H and O–H groups in total. The molecule has 1 aromatic heterocycles. The fourth-order valence-electron chi connectivity index (χ4n) is 3.90. The third kappa shape index (κ3) is 4.90. The predicted molar refractivity (Wildman–Crippen MR) is 136 cm³/mol. The molecule has 0 saturated carbocycles. The van der Waals surface area contributed by atoms with Crippen molar-refractivity contribution in [1.82, 2.24) is 4.57 Å². The molecule has 0 fully saturated rings. The Morgan fingerprint density at radius 3 is 2.49 bits per heavy atom. The minimum atomic E-state index is -0.699. The van der Waals surface area contributed by atoms with E-state index in [9.17, 15) is 9.59 Å². The summed E-state index contributed by atoms with van der Waals surface area (Å²) in [5, 5.41) is 0.555. The summed E-state index contributed by atoms with van der Waals surface area (Å²) in [4.78, 5) is 31.9. The van der Waals surface area contributed by atoms with E-state index in [-0.39, 0.29) is 11.7 Å². The number of rotatable bonds is 6. The monoisotopic (exact) mass is 512 g/mol. The highest BCUT2D eigenvalue weighted by Crippen LogP contribution is 2.32. The predicted octanol–water partition coefficient (Wildman–Crippen LogP) is 3.86. The number of carbonyl (C=O) groups excluding carboxylic acids is 1. The van der Waals surface area contributed by atoms with Gasteiger partial charge in [0.2, 0.25) is 0 Å². The standard InChI is InChI=1S/C26H25ClN2O5S/c1-14(2)34-25(31)22-15(3)28-26-29(23(22)16-6-9-18(27)10-7-16)24(30)21(35-26)12-17-8-11-19(32-4)13-20(17)33-5/h6-14,23H,1-5H3. The number of hydrogen-bond donors (Lipinski definition) is 0. The first-order chi connectivity index (χ1) is 16.7. The molecule has 0 radical (unpaired) electrons. The van der Waals surface area contributed by atoms with Crippen LogP contribution in [-0.2, 0) is 9.53 Å². The molecule has 0 aliphatic carbocycles. The summed E-state index contributed by atoms with van der Waals surface area (Å²) < 4.78 is 18.3. The Balaban J connectivity index is 1.94. The lowest BCUT2D eigenvalue weighted by molar-refractivity contribution is -0.143. The van der Waals surface area contributed by atoms with Gasteiger partial charge in [0.15, 0.2) is 4.80 Å². The first-order valence-electron chi connectivity index (χ1n) is 10.9. The molecule has 0 amide bonds. The largest absolute Gasteiger partial charge is 0.497 e. The molecular weight excluding hydrogens is 488 g/mol. The van der Waals surface area contributed by atoms with E-state index in [0.29, 0.717) is 37.1 Å². The topological polar surface area (TPSA) is 79.1 Å². The van der Waals surface area contributed by atoms with Crippen LogP contribution < -0.4 is 24.4 Å². The summed E-state index contributed by atoms with van der Waals surface area (Å²) in [5.41, 5.74) is 2.01. The molecule has 7 nitrogen and oxygen atoms in total. The number of ether oxygens (including phenoxy) is 3. The van der Waals surface area contributed by atoms with Crippen molar-refractivity contribution in [3.8, 4) is 11.5 Å². The van der Waals surface area contributed by atoms with Crippen LogP contribution in [0.4, 0.5) is 0 Å². The SMILES string of the molecule is COc1ccc(C=c2sc3n(c2=O)C(c2ccc(Cl)cc2)C(C(=O)OC(C)C)=C(C)N=3)c(OC)c1. The molecule has 1 atom stereocenters. The number of thiazole rings is 1. The Kier molecular flexibility index (Phi) is 7.14. The Morgan fingerprint density at radius 1 is 1.14 bits per heavy atom. The fourth-order valence-corrected chi connectivity index (χ4v) is 5.06. The average molecular weight is 513 g/mol. The van der Waals surface area contributed by atoms with E-state index in [0.717, 1.165) is 11.1 Å². The van der Waals surface area contributed by atoms with Gasteiger partial charge in [-0.15, -0.1) is 0 Å². The van der Waals surface area contributed by atoms with Crippen molar-refractivity contribution < 1.29 is 19.0 Å². The molecule has 1 aliphatic rings. The lowest BCUT2D eigenvalue weighted by Gasteiger charge is -2.25. The van der Waals surface area contributed by atoms with Gasteiger partial charge in [0, 0.05) is 16.7 Å². The van der Waals surface area contributed by atoms with E-state index < -0.39 is 12.0 Å². The van der Waals surface area contributed by atoms with Gasteiger partial charge in [-0.3, -0.25) is 9.36 Å². The van der Waals surface area contributed by atoms with E-state index in [1.807, 2.05) is 6.07 Å². The van der Waals surface area contributed by atoms with E-state index in [2.05, 4.69) is 4.99 Å². The second-order valence-electron chi connectivity index (χ2n) is 8.20. The maximum atomic E-state index is 13.7.